The Bertz CT molecular complexity index is 651. The zero-order valence-corrected chi connectivity index (χ0v) is 12.4. The van der Waals surface area contributed by atoms with Gasteiger partial charge in [0.2, 0.25) is 0 Å². The Kier molecular flexibility index (Phi) is 3.26. The van der Waals surface area contributed by atoms with Crippen molar-refractivity contribution in [2.45, 2.75) is 6.92 Å². The summed E-state index contributed by atoms with van der Waals surface area (Å²) in [5.41, 5.74) is 3.13. The van der Waals surface area contributed by atoms with Crippen molar-refractivity contribution in [1.82, 2.24) is 14.4 Å². The lowest BCUT2D eigenvalue weighted by molar-refractivity contribution is 0.0655. The molecular formula is C16H21N3O. The molecule has 1 amide bonds. The molecule has 0 N–H and O–H groups in total. The van der Waals surface area contributed by atoms with Crippen LogP contribution in [-0.4, -0.2) is 53.5 Å². The Morgan fingerprint density at radius 2 is 1.75 bits per heavy atom. The van der Waals surface area contributed by atoms with E-state index in [2.05, 4.69) is 37.1 Å². The van der Waals surface area contributed by atoms with Crippen LogP contribution in [-0.2, 0) is 7.05 Å². The standard InChI is InChI=1S/C16H21N3O/c1-12-4-5-14-13(10-12)11-15(18(14)3)16(20)19-8-6-17(2)7-9-19/h4-5,10-11H,6-9H2,1-3H3. The lowest BCUT2D eigenvalue weighted by Crippen LogP contribution is -2.47. The summed E-state index contributed by atoms with van der Waals surface area (Å²) in [6, 6.07) is 8.33. The van der Waals surface area contributed by atoms with E-state index in [1.165, 1.54) is 5.56 Å². The van der Waals surface area contributed by atoms with Crippen molar-refractivity contribution in [3.63, 3.8) is 0 Å². The average Bonchev–Trinajstić information content (AvgIpc) is 2.75. The molecule has 20 heavy (non-hydrogen) atoms. The van der Waals surface area contributed by atoms with Crippen molar-refractivity contribution < 1.29 is 4.79 Å². The van der Waals surface area contributed by atoms with E-state index in [4.69, 9.17) is 0 Å². The first-order valence-corrected chi connectivity index (χ1v) is 7.10. The summed E-state index contributed by atoms with van der Waals surface area (Å²) in [6.07, 6.45) is 0. The Balaban J connectivity index is 1.93. The van der Waals surface area contributed by atoms with E-state index >= 15 is 0 Å². The van der Waals surface area contributed by atoms with E-state index in [-0.39, 0.29) is 5.91 Å². The average molecular weight is 271 g/mol. The molecule has 1 fully saturated rings. The van der Waals surface area contributed by atoms with E-state index < -0.39 is 0 Å². The third-order valence-corrected chi connectivity index (χ3v) is 4.21. The molecule has 0 atom stereocenters. The molecule has 2 heterocycles. The minimum atomic E-state index is 0.148. The fourth-order valence-electron chi connectivity index (χ4n) is 2.85. The lowest BCUT2D eigenvalue weighted by atomic mass is 10.2. The summed E-state index contributed by atoms with van der Waals surface area (Å²) in [6.45, 7) is 5.61. The summed E-state index contributed by atoms with van der Waals surface area (Å²) in [7, 11) is 4.07. The summed E-state index contributed by atoms with van der Waals surface area (Å²) in [4.78, 5) is 16.9. The zero-order valence-electron chi connectivity index (χ0n) is 12.4. The van der Waals surface area contributed by atoms with Crippen molar-refractivity contribution in [3.05, 3.63) is 35.5 Å². The SMILES string of the molecule is Cc1ccc2c(c1)cc(C(=O)N1CCN(C)CC1)n2C. The Morgan fingerprint density at radius 3 is 2.45 bits per heavy atom. The Morgan fingerprint density at radius 1 is 1.05 bits per heavy atom. The first-order valence-electron chi connectivity index (χ1n) is 7.10. The fourth-order valence-corrected chi connectivity index (χ4v) is 2.85. The second-order valence-electron chi connectivity index (χ2n) is 5.75. The molecule has 0 bridgehead atoms. The van der Waals surface area contributed by atoms with E-state index in [1.54, 1.807) is 0 Å². The van der Waals surface area contributed by atoms with Gasteiger partial charge in [-0.3, -0.25) is 4.79 Å². The molecule has 1 aliphatic rings. The number of fused-ring (bicyclic) bond motifs is 1. The van der Waals surface area contributed by atoms with Crippen LogP contribution in [0.1, 0.15) is 16.1 Å². The topological polar surface area (TPSA) is 28.5 Å². The van der Waals surface area contributed by atoms with Crippen molar-refractivity contribution in [2.75, 3.05) is 33.2 Å². The number of hydrogen-bond acceptors (Lipinski definition) is 2. The highest BCUT2D eigenvalue weighted by molar-refractivity contribution is 5.98. The highest BCUT2D eigenvalue weighted by atomic mass is 16.2. The maximum atomic E-state index is 12.7. The number of aryl methyl sites for hydroxylation is 2. The number of benzene rings is 1. The van der Waals surface area contributed by atoms with E-state index in [0.717, 1.165) is 42.8 Å². The van der Waals surface area contributed by atoms with Crippen molar-refractivity contribution in [3.8, 4) is 0 Å². The predicted octanol–water partition coefficient (Wildman–Crippen LogP) is 1.87. The van der Waals surface area contributed by atoms with Crippen molar-refractivity contribution in [2.24, 2.45) is 7.05 Å². The van der Waals surface area contributed by atoms with Crippen molar-refractivity contribution in [1.29, 1.82) is 0 Å². The van der Waals surface area contributed by atoms with Crippen LogP contribution < -0.4 is 0 Å². The second-order valence-corrected chi connectivity index (χ2v) is 5.75. The third kappa shape index (κ3) is 2.20. The Labute approximate surface area is 119 Å². The largest absolute Gasteiger partial charge is 0.340 e. The molecule has 0 unspecified atom stereocenters. The van der Waals surface area contributed by atoms with Gasteiger partial charge in [-0.1, -0.05) is 11.6 Å². The van der Waals surface area contributed by atoms with E-state index in [9.17, 15) is 4.79 Å². The first-order chi connectivity index (χ1) is 9.56. The highest BCUT2D eigenvalue weighted by Gasteiger charge is 2.23. The molecule has 2 aromatic rings. The molecule has 1 aliphatic heterocycles. The van der Waals surface area contributed by atoms with Crippen LogP contribution in [0.5, 0.6) is 0 Å². The van der Waals surface area contributed by atoms with Crippen LogP contribution in [0.15, 0.2) is 24.3 Å². The van der Waals surface area contributed by atoms with Gasteiger partial charge in [0, 0.05) is 44.1 Å². The van der Waals surface area contributed by atoms with Gasteiger partial charge >= 0.3 is 0 Å². The number of piperazine rings is 1. The molecular weight excluding hydrogens is 250 g/mol. The van der Waals surface area contributed by atoms with Gasteiger partial charge in [-0.05, 0) is 32.2 Å². The van der Waals surface area contributed by atoms with E-state index in [1.807, 2.05) is 22.6 Å². The Hall–Kier alpha value is -1.81. The smallest absolute Gasteiger partial charge is 0.270 e. The van der Waals surface area contributed by atoms with Crippen LogP contribution in [0.25, 0.3) is 10.9 Å². The minimum absolute atomic E-state index is 0.148. The van der Waals surface area contributed by atoms with Gasteiger partial charge in [-0.25, -0.2) is 0 Å². The quantitative estimate of drug-likeness (QED) is 0.792. The number of carbonyl (C=O) groups is 1. The van der Waals surface area contributed by atoms with Gasteiger partial charge in [0.05, 0.1) is 0 Å². The lowest BCUT2D eigenvalue weighted by Gasteiger charge is -2.32. The van der Waals surface area contributed by atoms with Crippen LogP contribution >= 0.6 is 0 Å². The van der Waals surface area contributed by atoms with Gasteiger partial charge in [-0.2, -0.15) is 0 Å². The predicted molar refractivity (Wildman–Crippen MR) is 81.1 cm³/mol. The molecule has 4 heteroatoms. The van der Waals surface area contributed by atoms with Crippen LogP contribution in [0.3, 0.4) is 0 Å². The van der Waals surface area contributed by atoms with Gasteiger partial charge in [0.15, 0.2) is 0 Å². The molecule has 1 saturated heterocycles. The number of carbonyl (C=O) groups excluding carboxylic acids is 1. The molecule has 0 spiro atoms. The molecule has 0 aliphatic carbocycles. The molecule has 0 saturated carbocycles. The second kappa shape index (κ2) is 4.94. The summed E-state index contributed by atoms with van der Waals surface area (Å²) in [5.74, 6) is 0.148. The van der Waals surface area contributed by atoms with Crippen molar-refractivity contribution >= 4 is 16.8 Å². The molecule has 1 aromatic carbocycles. The third-order valence-electron chi connectivity index (χ3n) is 4.21. The van der Waals surface area contributed by atoms with Crippen LogP contribution in [0.4, 0.5) is 0 Å². The summed E-state index contributed by atoms with van der Waals surface area (Å²) in [5, 5.41) is 1.14. The molecule has 4 nitrogen and oxygen atoms in total. The maximum Gasteiger partial charge on any atom is 0.270 e. The highest BCUT2D eigenvalue weighted by Crippen LogP contribution is 2.21. The summed E-state index contributed by atoms with van der Waals surface area (Å²) < 4.78 is 2.01. The fraction of sp³-hybridized carbons (Fsp3) is 0.438. The number of hydrogen-bond donors (Lipinski definition) is 0. The molecule has 3 rings (SSSR count). The number of aromatic nitrogens is 1. The van der Waals surface area contributed by atoms with Gasteiger partial charge < -0.3 is 14.4 Å². The number of nitrogens with zero attached hydrogens (tertiary/aromatic N) is 3. The number of rotatable bonds is 1. The number of likely N-dealkylation sites (N-methyl/N-ethyl adjacent to an activating group) is 1. The van der Waals surface area contributed by atoms with Gasteiger partial charge in [0.1, 0.15) is 5.69 Å². The first kappa shape index (κ1) is 13.2. The molecule has 106 valence electrons. The minimum Gasteiger partial charge on any atom is -0.340 e. The monoisotopic (exact) mass is 271 g/mol. The van der Waals surface area contributed by atoms with Crippen LogP contribution in [0, 0.1) is 6.92 Å². The maximum absolute atomic E-state index is 12.7. The zero-order chi connectivity index (χ0) is 14.3. The van der Waals surface area contributed by atoms with Crippen LogP contribution in [0.2, 0.25) is 0 Å². The molecule has 0 radical (unpaired) electrons. The van der Waals surface area contributed by atoms with Gasteiger partial charge in [-0.15, -0.1) is 0 Å². The number of amides is 1. The van der Waals surface area contributed by atoms with Gasteiger partial charge in [0.25, 0.3) is 5.91 Å². The normalized spacial score (nSPS) is 16.9. The molecule has 1 aromatic heterocycles. The van der Waals surface area contributed by atoms with E-state index in [0.29, 0.717) is 0 Å². The summed E-state index contributed by atoms with van der Waals surface area (Å²) >= 11 is 0.